The fourth-order valence-corrected chi connectivity index (χ4v) is 4.13. The summed E-state index contributed by atoms with van der Waals surface area (Å²) in [4.78, 5) is 37.0. The van der Waals surface area contributed by atoms with Gasteiger partial charge in [-0.05, 0) is 55.0 Å². The van der Waals surface area contributed by atoms with E-state index in [1.807, 2.05) is 36.4 Å². The van der Waals surface area contributed by atoms with E-state index in [1.54, 1.807) is 12.1 Å². The molecule has 0 spiro atoms. The van der Waals surface area contributed by atoms with E-state index in [0.29, 0.717) is 37.9 Å². The zero-order valence-corrected chi connectivity index (χ0v) is 20.8. The van der Waals surface area contributed by atoms with Crippen LogP contribution >= 0.6 is 0 Å². The number of nitrogens with one attached hydrogen (secondary N) is 3. The van der Waals surface area contributed by atoms with Gasteiger partial charge < -0.3 is 25.8 Å². The van der Waals surface area contributed by atoms with Crippen LogP contribution in [0.25, 0.3) is 6.08 Å². The second-order valence-electron chi connectivity index (χ2n) is 9.05. The van der Waals surface area contributed by atoms with Gasteiger partial charge in [0.25, 0.3) is 5.91 Å². The number of carbonyl (C=O) groups excluding carboxylic acids is 3. The summed E-state index contributed by atoms with van der Waals surface area (Å²) >= 11 is 0. The van der Waals surface area contributed by atoms with Crippen molar-refractivity contribution in [3.63, 3.8) is 0 Å². The van der Waals surface area contributed by atoms with E-state index in [2.05, 4.69) is 16.0 Å². The molecule has 0 bridgehead atoms. The van der Waals surface area contributed by atoms with Gasteiger partial charge in [0.05, 0.1) is 13.2 Å². The minimum Gasteiger partial charge on any atom is -0.508 e. The number of aromatic hydroxyl groups is 1. The zero-order chi connectivity index (χ0) is 26.6. The predicted octanol–water partition coefficient (Wildman–Crippen LogP) is 2.56. The molecule has 194 valence electrons. The van der Waals surface area contributed by atoms with Crippen molar-refractivity contribution in [1.82, 2.24) is 16.0 Å². The summed E-state index contributed by atoms with van der Waals surface area (Å²) in [6, 6.07) is 16.7. The first kappa shape index (κ1) is 27.4. The highest BCUT2D eigenvalue weighted by Crippen LogP contribution is 2.20. The van der Waals surface area contributed by atoms with Gasteiger partial charge in [0.2, 0.25) is 11.8 Å². The number of nitriles is 1. The average Bonchev–Trinajstić information content (AvgIpc) is 2.89. The van der Waals surface area contributed by atoms with Crippen LogP contribution in [0, 0.1) is 11.3 Å². The summed E-state index contributed by atoms with van der Waals surface area (Å²) in [5.41, 5.74) is 1.59. The Kier molecular flexibility index (Phi) is 10.2. The van der Waals surface area contributed by atoms with Gasteiger partial charge in [-0.3, -0.25) is 14.4 Å². The Balaban J connectivity index is 1.46. The van der Waals surface area contributed by atoms with Gasteiger partial charge in [0.1, 0.15) is 23.4 Å². The normalized spacial score (nSPS) is 18.2. The van der Waals surface area contributed by atoms with Crippen LogP contribution < -0.4 is 16.0 Å². The first-order valence-electron chi connectivity index (χ1n) is 12.2. The Morgan fingerprint density at radius 2 is 1.65 bits per heavy atom. The smallest absolute Gasteiger partial charge is 0.262 e. The van der Waals surface area contributed by atoms with E-state index < -0.39 is 11.9 Å². The van der Waals surface area contributed by atoms with Crippen molar-refractivity contribution in [3.8, 4) is 11.8 Å². The molecule has 9 heteroatoms. The number of ether oxygens (including phenoxy) is 1. The quantitative estimate of drug-likeness (QED) is 0.290. The number of amides is 3. The molecule has 2 aromatic rings. The van der Waals surface area contributed by atoms with Crippen LogP contribution in [0.5, 0.6) is 5.75 Å². The van der Waals surface area contributed by atoms with Crippen LogP contribution in [0.1, 0.15) is 43.7 Å². The highest BCUT2D eigenvalue weighted by atomic mass is 16.5. The average molecular weight is 505 g/mol. The minimum absolute atomic E-state index is 0.0187. The first-order chi connectivity index (χ1) is 17.8. The van der Waals surface area contributed by atoms with E-state index in [0.717, 1.165) is 5.56 Å². The van der Waals surface area contributed by atoms with Crippen molar-refractivity contribution < 1.29 is 24.2 Å². The Morgan fingerprint density at radius 3 is 2.24 bits per heavy atom. The fraction of sp³-hybridized carbons (Fsp3) is 0.357. The second kappa shape index (κ2) is 13.8. The highest BCUT2D eigenvalue weighted by molar-refractivity contribution is 6.01. The van der Waals surface area contributed by atoms with Crippen LogP contribution in [-0.4, -0.2) is 47.6 Å². The summed E-state index contributed by atoms with van der Waals surface area (Å²) in [5, 5.41) is 27.3. The van der Waals surface area contributed by atoms with E-state index in [-0.39, 0.29) is 41.8 Å². The molecule has 0 aliphatic heterocycles. The third-order valence-electron chi connectivity index (χ3n) is 6.07. The maximum atomic E-state index is 12.8. The molecule has 1 saturated carbocycles. The lowest BCUT2D eigenvalue weighted by Crippen LogP contribution is -2.52. The third kappa shape index (κ3) is 9.09. The van der Waals surface area contributed by atoms with Crippen LogP contribution in [0.2, 0.25) is 0 Å². The van der Waals surface area contributed by atoms with Gasteiger partial charge >= 0.3 is 0 Å². The molecule has 3 rings (SSSR count). The standard InChI is InChI=1S/C28H32N4O5/c1-19(33)30-26(18-37-17-21-5-3-2-4-6-21)28(36)32-24-11-9-23(10-12-24)31-27(35)22(16-29)15-20-7-13-25(34)14-8-20/h2-8,13-15,23-24,26,34H,9-12,17-18H2,1H3,(H,30,33)(H,31,35)(H,32,36)/t23?,24?,26-/m1/s1. The Hall–Kier alpha value is -4.16. The van der Waals surface area contributed by atoms with Crippen molar-refractivity contribution in [2.45, 2.75) is 57.3 Å². The van der Waals surface area contributed by atoms with Crippen LogP contribution in [-0.2, 0) is 25.7 Å². The number of benzene rings is 2. The van der Waals surface area contributed by atoms with Crippen LogP contribution in [0.4, 0.5) is 0 Å². The molecule has 0 aromatic heterocycles. The maximum absolute atomic E-state index is 12.8. The van der Waals surface area contributed by atoms with Crippen LogP contribution in [0.15, 0.2) is 60.2 Å². The SMILES string of the molecule is CC(=O)N[C@H](COCc1ccccc1)C(=O)NC1CCC(NC(=O)C(C#N)=Cc2ccc(O)cc2)CC1. The number of carbonyl (C=O) groups is 3. The Morgan fingerprint density at radius 1 is 1.03 bits per heavy atom. The van der Waals surface area contributed by atoms with Gasteiger partial charge in [-0.2, -0.15) is 5.26 Å². The highest BCUT2D eigenvalue weighted by Gasteiger charge is 2.27. The zero-order valence-electron chi connectivity index (χ0n) is 20.8. The van der Waals surface area contributed by atoms with Crippen molar-refractivity contribution in [3.05, 3.63) is 71.3 Å². The van der Waals surface area contributed by atoms with Gasteiger partial charge in [0, 0.05) is 19.0 Å². The van der Waals surface area contributed by atoms with Gasteiger partial charge in [-0.15, -0.1) is 0 Å². The maximum Gasteiger partial charge on any atom is 0.262 e. The number of nitrogens with zero attached hydrogens (tertiary/aromatic N) is 1. The molecule has 1 aliphatic rings. The van der Waals surface area contributed by atoms with Crippen molar-refractivity contribution in [2.24, 2.45) is 0 Å². The summed E-state index contributed by atoms with van der Waals surface area (Å²) in [7, 11) is 0. The van der Waals surface area contributed by atoms with E-state index in [9.17, 15) is 24.8 Å². The fourth-order valence-electron chi connectivity index (χ4n) is 4.13. The lowest BCUT2D eigenvalue weighted by atomic mass is 9.90. The molecule has 37 heavy (non-hydrogen) atoms. The second-order valence-corrected chi connectivity index (χ2v) is 9.05. The number of hydrogen-bond donors (Lipinski definition) is 4. The molecule has 0 radical (unpaired) electrons. The Labute approximate surface area is 216 Å². The van der Waals surface area contributed by atoms with E-state index in [1.165, 1.54) is 25.1 Å². The molecule has 0 unspecified atom stereocenters. The minimum atomic E-state index is -0.804. The summed E-state index contributed by atoms with van der Waals surface area (Å²) in [6.45, 7) is 1.74. The lowest BCUT2D eigenvalue weighted by molar-refractivity contribution is -0.130. The number of phenolic OH excluding ortho intramolecular Hbond substituents is 1. The molecule has 4 N–H and O–H groups in total. The molecular weight excluding hydrogens is 472 g/mol. The lowest BCUT2D eigenvalue weighted by Gasteiger charge is -2.30. The largest absolute Gasteiger partial charge is 0.508 e. The van der Waals surface area contributed by atoms with E-state index in [4.69, 9.17) is 4.74 Å². The molecule has 1 aliphatic carbocycles. The molecule has 9 nitrogen and oxygen atoms in total. The molecular formula is C28H32N4O5. The molecule has 3 amide bonds. The predicted molar refractivity (Wildman–Crippen MR) is 138 cm³/mol. The molecule has 0 saturated heterocycles. The topological polar surface area (TPSA) is 141 Å². The van der Waals surface area contributed by atoms with Gasteiger partial charge in [0.15, 0.2) is 0 Å². The van der Waals surface area contributed by atoms with Gasteiger partial charge in [-0.25, -0.2) is 0 Å². The third-order valence-corrected chi connectivity index (χ3v) is 6.07. The number of phenols is 1. The molecule has 1 fully saturated rings. The van der Waals surface area contributed by atoms with E-state index >= 15 is 0 Å². The first-order valence-corrected chi connectivity index (χ1v) is 12.2. The monoisotopic (exact) mass is 504 g/mol. The van der Waals surface area contributed by atoms with Crippen molar-refractivity contribution in [2.75, 3.05) is 6.61 Å². The molecule has 2 aromatic carbocycles. The molecule has 1 atom stereocenters. The summed E-state index contributed by atoms with van der Waals surface area (Å²) in [5.74, 6) is -0.973. The van der Waals surface area contributed by atoms with Crippen LogP contribution in [0.3, 0.4) is 0 Å². The Bertz CT molecular complexity index is 1130. The molecule has 0 heterocycles. The summed E-state index contributed by atoms with van der Waals surface area (Å²) in [6.07, 6.45) is 4.06. The van der Waals surface area contributed by atoms with Gasteiger partial charge in [-0.1, -0.05) is 42.5 Å². The summed E-state index contributed by atoms with van der Waals surface area (Å²) < 4.78 is 5.67. The van der Waals surface area contributed by atoms with Crippen molar-refractivity contribution >= 4 is 23.8 Å². The number of hydrogen-bond acceptors (Lipinski definition) is 6. The van der Waals surface area contributed by atoms with Crippen molar-refractivity contribution in [1.29, 1.82) is 5.26 Å². The number of rotatable bonds is 10.